The van der Waals surface area contributed by atoms with Gasteiger partial charge in [-0.25, -0.2) is 23.7 Å². The smallest absolute Gasteiger partial charge is 0.164 e. The van der Waals surface area contributed by atoms with Crippen LogP contribution in [0.25, 0.3) is 78.4 Å². The van der Waals surface area contributed by atoms with Gasteiger partial charge in [-0.1, -0.05) is 66.7 Å². The molecule has 0 saturated heterocycles. The van der Waals surface area contributed by atoms with Gasteiger partial charge in [-0.3, -0.25) is 0 Å². The van der Waals surface area contributed by atoms with E-state index in [9.17, 15) is 8.78 Å². The molecule has 4 nitrogen and oxygen atoms in total. The first-order chi connectivity index (χ1) is 22.1. The van der Waals surface area contributed by atoms with Gasteiger partial charge in [0.05, 0.1) is 0 Å². The monoisotopic (exact) mass is 587 g/mol. The van der Waals surface area contributed by atoms with Crippen molar-refractivity contribution >= 4 is 21.9 Å². The molecular weight excluding hydrogens is 564 g/mol. The second kappa shape index (κ2) is 10.9. The van der Waals surface area contributed by atoms with Crippen LogP contribution in [-0.4, -0.2) is 15.0 Å². The molecule has 0 bridgehead atoms. The third-order valence-corrected chi connectivity index (χ3v) is 7.87. The molecule has 8 rings (SSSR count). The van der Waals surface area contributed by atoms with Crippen LogP contribution in [0.15, 0.2) is 144 Å². The fourth-order valence-electron chi connectivity index (χ4n) is 5.68. The summed E-state index contributed by atoms with van der Waals surface area (Å²) >= 11 is 0. The SMILES string of the molecule is Fc1ccc(-c2nc(-c3ccc(F)cc3)nc(-c3cccc(-c4cccc(-c5cccc6oc7ccccc7c56)c4)c3)n2)cc1. The lowest BCUT2D eigenvalue weighted by Gasteiger charge is -2.11. The Kier molecular flexibility index (Phi) is 6.46. The van der Waals surface area contributed by atoms with E-state index in [1.165, 1.54) is 24.3 Å². The zero-order chi connectivity index (χ0) is 30.3. The van der Waals surface area contributed by atoms with Crippen LogP contribution in [0.1, 0.15) is 0 Å². The molecule has 8 aromatic rings. The minimum absolute atomic E-state index is 0.348. The predicted molar refractivity (Wildman–Crippen MR) is 174 cm³/mol. The molecule has 0 aliphatic rings. The van der Waals surface area contributed by atoms with E-state index in [1.54, 1.807) is 24.3 Å². The molecule has 0 unspecified atom stereocenters. The third kappa shape index (κ3) is 5.02. The highest BCUT2D eigenvalue weighted by atomic mass is 19.1. The van der Waals surface area contributed by atoms with Crippen molar-refractivity contribution in [2.24, 2.45) is 0 Å². The maximum atomic E-state index is 13.7. The second-order valence-electron chi connectivity index (χ2n) is 10.8. The number of aromatic nitrogens is 3. The van der Waals surface area contributed by atoms with Gasteiger partial charge in [-0.15, -0.1) is 0 Å². The summed E-state index contributed by atoms with van der Waals surface area (Å²) in [5, 5.41) is 2.17. The summed E-state index contributed by atoms with van der Waals surface area (Å²) in [6.07, 6.45) is 0. The Bertz CT molecular complexity index is 2280. The number of fused-ring (bicyclic) bond motifs is 3. The summed E-state index contributed by atoms with van der Waals surface area (Å²) in [6, 6.07) is 42.7. The molecule has 0 atom stereocenters. The standard InChI is InChI=1S/C39H23F2N3O/c40-30-18-14-24(15-19-30)37-42-38(25-16-20-31(41)21-17-25)44-39(43-37)29-9-4-7-27(23-29)26-6-3-8-28(22-26)32-11-5-13-35-36(32)33-10-1-2-12-34(33)45-35/h1-23H. The van der Waals surface area contributed by atoms with E-state index in [0.717, 1.165) is 49.8 Å². The molecule has 0 saturated carbocycles. The highest BCUT2D eigenvalue weighted by Gasteiger charge is 2.15. The van der Waals surface area contributed by atoms with Gasteiger partial charge < -0.3 is 4.42 Å². The van der Waals surface area contributed by atoms with E-state index in [-0.39, 0.29) is 11.6 Å². The van der Waals surface area contributed by atoms with Crippen molar-refractivity contribution < 1.29 is 13.2 Å². The molecule has 6 heteroatoms. The molecule has 0 aliphatic heterocycles. The van der Waals surface area contributed by atoms with Crippen LogP contribution in [0.2, 0.25) is 0 Å². The van der Waals surface area contributed by atoms with Crippen molar-refractivity contribution in [1.29, 1.82) is 0 Å². The summed E-state index contributed by atoms with van der Waals surface area (Å²) in [4.78, 5) is 14.2. The van der Waals surface area contributed by atoms with Gasteiger partial charge in [0.2, 0.25) is 0 Å². The summed E-state index contributed by atoms with van der Waals surface area (Å²) in [6.45, 7) is 0. The first kappa shape index (κ1) is 26.6. The van der Waals surface area contributed by atoms with Gasteiger partial charge >= 0.3 is 0 Å². The van der Waals surface area contributed by atoms with Crippen LogP contribution in [0, 0.1) is 11.6 Å². The minimum Gasteiger partial charge on any atom is -0.456 e. The highest BCUT2D eigenvalue weighted by Crippen LogP contribution is 2.38. The number of para-hydroxylation sites is 1. The Hall–Kier alpha value is -6.01. The number of hydrogen-bond donors (Lipinski definition) is 0. The van der Waals surface area contributed by atoms with Crippen molar-refractivity contribution in [2.45, 2.75) is 0 Å². The van der Waals surface area contributed by atoms with Crippen LogP contribution in [0.4, 0.5) is 8.78 Å². The number of furan rings is 1. The van der Waals surface area contributed by atoms with Crippen LogP contribution in [0.5, 0.6) is 0 Å². The molecule has 0 amide bonds. The molecule has 2 aromatic heterocycles. The highest BCUT2D eigenvalue weighted by molar-refractivity contribution is 6.12. The maximum Gasteiger partial charge on any atom is 0.164 e. The van der Waals surface area contributed by atoms with Crippen molar-refractivity contribution in [2.75, 3.05) is 0 Å². The van der Waals surface area contributed by atoms with Crippen molar-refractivity contribution in [3.63, 3.8) is 0 Å². The van der Waals surface area contributed by atoms with Crippen LogP contribution < -0.4 is 0 Å². The fourth-order valence-corrected chi connectivity index (χ4v) is 5.68. The maximum absolute atomic E-state index is 13.7. The zero-order valence-electron chi connectivity index (χ0n) is 23.8. The molecule has 0 radical (unpaired) electrons. The summed E-state index contributed by atoms with van der Waals surface area (Å²) in [5.41, 5.74) is 7.99. The zero-order valence-corrected chi connectivity index (χ0v) is 23.8. The first-order valence-corrected chi connectivity index (χ1v) is 14.5. The lowest BCUT2D eigenvalue weighted by Crippen LogP contribution is -2.00. The molecule has 0 N–H and O–H groups in total. The summed E-state index contributed by atoms with van der Waals surface area (Å²) in [5.74, 6) is 0.549. The molecule has 45 heavy (non-hydrogen) atoms. The first-order valence-electron chi connectivity index (χ1n) is 14.5. The van der Waals surface area contributed by atoms with E-state index in [4.69, 9.17) is 14.4 Å². The van der Waals surface area contributed by atoms with Gasteiger partial charge in [0.15, 0.2) is 17.5 Å². The van der Waals surface area contributed by atoms with E-state index in [0.29, 0.717) is 28.6 Å². The fraction of sp³-hybridized carbons (Fsp3) is 0. The lowest BCUT2D eigenvalue weighted by molar-refractivity contribution is 0.627. The van der Waals surface area contributed by atoms with Crippen molar-refractivity contribution in [3.05, 3.63) is 151 Å². The van der Waals surface area contributed by atoms with Crippen LogP contribution >= 0.6 is 0 Å². The average molecular weight is 588 g/mol. The second-order valence-corrected chi connectivity index (χ2v) is 10.8. The van der Waals surface area contributed by atoms with Crippen LogP contribution in [0.3, 0.4) is 0 Å². The third-order valence-electron chi connectivity index (χ3n) is 7.87. The molecule has 6 aromatic carbocycles. The Balaban J connectivity index is 1.23. The normalized spacial score (nSPS) is 11.3. The number of nitrogens with zero attached hydrogens (tertiary/aromatic N) is 3. The lowest BCUT2D eigenvalue weighted by atomic mass is 9.95. The molecule has 0 aliphatic carbocycles. The Morgan fingerprint density at radius 1 is 0.400 bits per heavy atom. The van der Waals surface area contributed by atoms with Gasteiger partial charge in [-0.2, -0.15) is 0 Å². The van der Waals surface area contributed by atoms with Gasteiger partial charge in [-0.05, 0) is 95.1 Å². The topological polar surface area (TPSA) is 51.8 Å². The van der Waals surface area contributed by atoms with Crippen molar-refractivity contribution in [1.82, 2.24) is 15.0 Å². The Morgan fingerprint density at radius 3 is 1.53 bits per heavy atom. The summed E-state index contributed by atoms with van der Waals surface area (Å²) < 4.78 is 33.5. The van der Waals surface area contributed by atoms with Gasteiger partial charge in [0.1, 0.15) is 22.8 Å². The van der Waals surface area contributed by atoms with E-state index in [2.05, 4.69) is 47.4 Å². The van der Waals surface area contributed by atoms with E-state index in [1.807, 2.05) is 48.5 Å². The predicted octanol–water partition coefficient (Wildman–Crippen LogP) is 10.4. The quantitative estimate of drug-likeness (QED) is 0.201. The number of hydrogen-bond acceptors (Lipinski definition) is 4. The molecular formula is C39H23F2N3O. The van der Waals surface area contributed by atoms with Gasteiger partial charge in [0, 0.05) is 27.5 Å². The average Bonchev–Trinajstić information content (AvgIpc) is 3.48. The number of benzene rings is 6. The van der Waals surface area contributed by atoms with Crippen molar-refractivity contribution in [3.8, 4) is 56.4 Å². The minimum atomic E-state index is -0.348. The number of halogens is 2. The molecule has 214 valence electrons. The Morgan fingerprint density at radius 2 is 0.889 bits per heavy atom. The van der Waals surface area contributed by atoms with E-state index >= 15 is 0 Å². The molecule has 0 spiro atoms. The largest absolute Gasteiger partial charge is 0.456 e. The number of rotatable bonds is 5. The van der Waals surface area contributed by atoms with Crippen LogP contribution in [-0.2, 0) is 0 Å². The van der Waals surface area contributed by atoms with Gasteiger partial charge in [0.25, 0.3) is 0 Å². The van der Waals surface area contributed by atoms with E-state index < -0.39 is 0 Å². The summed E-state index contributed by atoms with van der Waals surface area (Å²) in [7, 11) is 0. The Labute approximate surface area is 257 Å². The molecule has 2 heterocycles. The molecule has 0 fully saturated rings.